The van der Waals surface area contributed by atoms with Crippen LogP contribution >= 0.6 is 23.2 Å². The second-order valence-electron chi connectivity index (χ2n) is 8.74. The lowest BCUT2D eigenvalue weighted by atomic mass is 9.87. The highest BCUT2D eigenvalue weighted by Gasteiger charge is 2.61. The molecule has 1 saturated heterocycles. The third-order valence-electron chi connectivity index (χ3n) is 6.55. The Morgan fingerprint density at radius 2 is 1.71 bits per heavy atom. The van der Waals surface area contributed by atoms with E-state index in [9.17, 15) is 23.5 Å². The molecule has 0 aliphatic carbocycles. The number of rotatable bonds is 3. The summed E-state index contributed by atoms with van der Waals surface area (Å²) in [5.74, 6) is 0.131. The first-order valence-electron chi connectivity index (χ1n) is 11.0. The highest BCUT2D eigenvalue weighted by molar-refractivity contribution is 6.34. The van der Waals surface area contributed by atoms with Crippen LogP contribution in [0.5, 0.6) is 5.75 Å². The first-order valence-corrected chi connectivity index (χ1v) is 11.7. The van der Waals surface area contributed by atoms with Crippen molar-refractivity contribution in [3.8, 4) is 22.9 Å². The summed E-state index contributed by atoms with van der Waals surface area (Å²) in [6.07, 6.45) is -4.43. The molecule has 2 aliphatic heterocycles. The topological polar surface area (TPSA) is 56.5 Å². The van der Waals surface area contributed by atoms with Crippen LogP contribution in [0.2, 0.25) is 10.0 Å². The molecule has 1 fully saturated rings. The first kappa shape index (κ1) is 23.8. The van der Waals surface area contributed by atoms with Crippen molar-refractivity contribution < 1.29 is 23.0 Å². The Balaban J connectivity index is 1.55. The summed E-state index contributed by atoms with van der Waals surface area (Å²) in [5.41, 5.74) is 0.0352. The van der Waals surface area contributed by atoms with Crippen molar-refractivity contribution in [1.82, 2.24) is 0 Å². The molecule has 2 atom stereocenters. The van der Waals surface area contributed by atoms with Crippen molar-refractivity contribution in [3.63, 3.8) is 0 Å². The number of aliphatic hydroxyl groups excluding tert-OH is 1. The molecule has 0 saturated carbocycles. The molecular formula is C26H19Cl2F3N2O2. The number of ether oxygens (including phenoxy) is 1. The lowest BCUT2D eigenvalue weighted by Gasteiger charge is -2.31. The molecule has 4 nitrogen and oxygen atoms in total. The maximum absolute atomic E-state index is 14.4. The van der Waals surface area contributed by atoms with E-state index in [1.165, 1.54) is 24.3 Å². The summed E-state index contributed by atoms with van der Waals surface area (Å²) >= 11 is 12.0. The van der Waals surface area contributed by atoms with Crippen LogP contribution in [0.1, 0.15) is 29.5 Å². The number of hydrogen-bond donors (Lipinski definition) is 1. The van der Waals surface area contributed by atoms with Gasteiger partial charge in [0.25, 0.3) is 0 Å². The van der Waals surface area contributed by atoms with Gasteiger partial charge in [-0.25, -0.2) is 0 Å². The Morgan fingerprint density at radius 3 is 2.34 bits per heavy atom. The summed E-state index contributed by atoms with van der Waals surface area (Å²) in [5, 5.41) is 20.0. The Kier molecular flexibility index (Phi) is 5.87. The Bertz CT molecular complexity index is 1340. The van der Waals surface area contributed by atoms with E-state index in [1.54, 1.807) is 35.2 Å². The van der Waals surface area contributed by atoms with Crippen molar-refractivity contribution in [2.75, 3.05) is 11.4 Å². The van der Waals surface area contributed by atoms with Crippen LogP contribution in [0, 0.1) is 11.3 Å². The number of benzene rings is 3. The monoisotopic (exact) mass is 518 g/mol. The highest BCUT2D eigenvalue weighted by Crippen LogP contribution is 2.52. The summed E-state index contributed by atoms with van der Waals surface area (Å²) < 4.78 is 48.9. The molecule has 3 aromatic rings. The lowest BCUT2D eigenvalue weighted by Crippen LogP contribution is -2.46. The summed E-state index contributed by atoms with van der Waals surface area (Å²) in [7, 11) is 0. The molecule has 5 rings (SSSR count). The van der Waals surface area contributed by atoms with Gasteiger partial charge in [-0.3, -0.25) is 0 Å². The van der Waals surface area contributed by atoms with Crippen LogP contribution in [0.25, 0.3) is 11.1 Å². The minimum Gasteiger partial charge on any atom is -0.472 e. The number of anilines is 1. The average Bonchev–Trinajstić information content (AvgIpc) is 3.41. The molecule has 9 heteroatoms. The molecule has 0 spiro atoms. The Hall–Kier alpha value is -2.92. The molecule has 2 aliphatic rings. The van der Waals surface area contributed by atoms with Crippen LogP contribution < -0.4 is 9.64 Å². The van der Waals surface area contributed by atoms with Crippen LogP contribution in [0.4, 0.5) is 18.9 Å². The Morgan fingerprint density at radius 1 is 1.03 bits per heavy atom. The highest BCUT2D eigenvalue weighted by atomic mass is 35.5. The van der Waals surface area contributed by atoms with Gasteiger partial charge in [0.05, 0.1) is 11.3 Å². The number of hydrogen-bond acceptors (Lipinski definition) is 4. The van der Waals surface area contributed by atoms with Crippen molar-refractivity contribution >= 4 is 28.9 Å². The number of nitrogens with zero attached hydrogens (tertiary/aromatic N) is 2. The zero-order valence-electron chi connectivity index (χ0n) is 18.2. The maximum Gasteiger partial charge on any atom is 0.432 e. The van der Waals surface area contributed by atoms with Crippen LogP contribution in [-0.2, 0) is 12.0 Å². The lowest BCUT2D eigenvalue weighted by molar-refractivity contribution is -0.248. The number of halogens is 5. The molecule has 3 aromatic carbocycles. The number of aliphatic hydroxyl groups is 1. The zero-order chi connectivity index (χ0) is 25.0. The molecule has 0 radical (unpaired) electrons. The fraction of sp³-hybridized carbons (Fsp3) is 0.269. The molecule has 0 bridgehead atoms. The second-order valence-corrected chi connectivity index (χ2v) is 9.62. The van der Waals surface area contributed by atoms with Gasteiger partial charge in [-0.15, -0.1) is 0 Å². The van der Waals surface area contributed by atoms with Crippen LogP contribution in [-0.4, -0.2) is 24.1 Å². The molecule has 2 unspecified atom stereocenters. The third kappa shape index (κ3) is 4.10. The second kappa shape index (κ2) is 8.63. The van der Waals surface area contributed by atoms with Gasteiger partial charge in [0.2, 0.25) is 5.60 Å². The zero-order valence-corrected chi connectivity index (χ0v) is 19.8. The smallest absolute Gasteiger partial charge is 0.432 e. The molecule has 0 aromatic heterocycles. The predicted octanol–water partition coefficient (Wildman–Crippen LogP) is 6.84. The van der Waals surface area contributed by atoms with Gasteiger partial charge in [-0.2, -0.15) is 18.4 Å². The van der Waals surface area contributed by atoms with E-state index in [4.69, 9.17) is 27.9 Å². The minimum atomic E-state index is -4.73. The van der Waals surface area contributed by atoms with Crippen molar-refractivity contribution in [2.45, 2.75) is 37.3 Å². The van der Waals surface area contributed by atoms with Crippen LogP contribution in [0.3, 0.4) is 0 Å². The van der Waals surface area contributed by atoms with Crippen molar-refractivity contribution in [3.05, 3.63) is 81.3 Å². The van der Waals surface area contributed by atoms with Gasteiger partial charge in [0.15, 0.2) is 0 Å². The van der Waals surface area contributed by atoms with E-state index in [1.807, 2.05) is 0 Å². The van der Waals surface area contributed by atoms with Gasteiger partial charge in [0, 0.05) is 28.6 Å². The fourth-order valence-electron chi connectivity index (χ4n) is 4.83. The van der Waals surface area contributed by atoms with Gasteiger partial charge in [-0.05, 0) is 72.0 Å². The number of fused-ring (bicyclic) bond motifs is 1. The van der Waals surface area contributed by atoms with E-state index >= 15 is 0 Å². The third-order valence-corrected chi connectivity index (χ3v) is 6.99. The average molecular weight is 519 g/mol. The minimum absolute atomic E-state index is 0.0885. The van der Waals surface area contributed by atoms with E-state index in [0.29, 0.717) is 35.3 Å². The van der Waals surface area contributed by atoms with Crippen molar-refractivity contribution in [2.24, 2.45) is 0 Å². The first-order chi connectivity index (χ1) is 16.6. The normalized spacial score (nSPS) is 21.5. The molecule has 0 amide bonds. The number of nitriles is 1. The largest absolute Gasteiger partial charge is 0.472 e. The predicted molar refractivity (Wildman–Crippen MR) is 128 cm³/mol. The van der Waals surface area contributed by atoms with Crippen molar-refractivity contribution in [1.29, 1.82) is 5.26 Å². The Labute approximate surface area is 210 Å². The quantitative estimate of drug-likeness (QED) is 0.412. The molecule has 35 heavy (non-hydrogen) atoms. The van der Waals surface area contributed by atoms with E-state index in [2.05, 4.69) is 6.07 Å². The number of alkyl halides is 3. The molecule has 2 heterocycles. The van der Waals surface area contributed by atoms with Gasteiger partial charge >= 0.3 is 6.18 Å². The standard InChI is InChI=1S/C26H19Cl2F3N2O2/c27-20-10-19(11-21(28)12-20)25(26(29,30)31)13-18-8-15(5-6-23(18)35-25)16-3-4-17(14-32)22(9-16)33-7-1-2-24(33)34/h3-6,8-12,24,34H,1-2,7,13H2. The van der Waals surface area contributed by atoms with Gasteiger partial charge in [0.1, 0.15) is 18.0 Å². The molecule has 1 N–H and O–H groups in total. The summed E-state index contributed by atoms with van der Waals surface area (Å²) in [4.78, 5) is 1.77. The van der Waals surface area contributed by atoms with E-state index in [-0.39, 0.29) is 21.4 Å². The van der Waals surface area contributed by atoms with Gasteiger partial charge < -0.3 is 14.7 Å². The summed E-state index contributed by atoms with van der Waals surface area (Å²) in [6, 6.07) is 16.0. The SMILES string of the molecule is N#Cc1ccc(-c2ccc3c(c2)CC(c2cc(Cl)cc(Cl)c2)(C(F)(F)F)O3)cc1N1CCCC1O. The summed E-state index contributed by atoms with van der Waals surface area (Å²) in [6.45, 7) is 0.619. The van der Waals surface area contributed by atoms with Crippen LogP contribution in [0.15, 0.2) is 54.6 Å². The fourth-order valence-corrected chi connectivity index (χ4v) is 5.36. The van der Waals surface area contributed by atoms with E-state index in [0.717, 1.165) is 12.0 Å². The molecule has 180 valence electrons. The van der Waals surface area contributed by atoms with Gasteiger partial charge in [-0.1, -0.05) is 35.3 Å². The van der Waals surface area contributed by atoms with E-state index < -0.39 is 24.4 Å². The molecular weight excluding hydrogens is 500 g/mol. The maximum atomic E-state index is 14.4.